The Kier molecular flexibility index (Phi) is 5.08. The highest BCUT2D eigenvalue weighted by Crippen LogP contribution is 2.26. The molecule has 2 heterocycles. The van der Waals surface area contributed by atoms with Crippen molar-refractivity contribution >= 4 is 51.5 Å². The molecule has 2 amide bonds. The molecule has 1 fully saturated rings. The molecule has 3 rings (SSSR count). The summed E-state index contributed by atoms with van der Waals surface area (Å²) in [6, 6.07) is 4.18. The van der Waals surface area contributed by atoms with Crippen LogP contribution >= 0.6 is 34.5 Å². The number of nitrogens with zero attached hydrogens (tertiary/aromatic N) is 2. The van der Waals surface area contributed by atoms with E-state index in [1.807, 2.05) is 6.92 Å². The van der Waals surface area contributed by atoms with Crippen LogP contribution in [0.4, 0.5) is 5.13 Å². The number of carbonyl (C=O) groups is 2. The van der Waals surface area contributed by atoms with Crippen molar-refractivity contribution in [1.82, 2.24) is 9.88 Å². The largest absolute Gasteiger partial charge is 0.327 e. The lowest BCUT2D eigenvalue weighted by atomic mass is 10.1. The van der Waals surface area contributed by atoms with E-state index in [0.29, 0.717) is 33.7 Å². The van der Waals surface area contributed by atoms with Crippen LogP contribution in [0.5, 0.6) is 0 Å². The molecule has 1 atom stereocenters. The zero-order valence-corrected chi connectivity index (χ0v) is 15.2. The second kappa shape index (κ2) is 7.09. The number of aryl methyl sites for hydroxylation is 1. The van der Waals surface area contributed by atoms with Crippen LogP contribution in [0.2, 0.25) is 10.0 Å². The zero-order chi connectivity index (χ0) is 17.3. The quantitative estimate of drug-likeness (QED) is 0.870. The van der Waals surface area contributed by atoms with Crippen LogP contribution in [-0.2, 0) is 4.79 Å². The average molecular weight is 384 g/mol. The van der Waals surface area contributed by atoms with E-state index in [2.05, 4.69) is 10.3 Å². The van der Waals surface area contributed by atoms with Crippen LogP contribution in [0.15, 0.2) is 24.4 Å². The Morgan fingerprint density at radius 1 is 1.29 bits per heavy atom. The third kappa shape index (κ3) is 3.71. The molecule has 1 aromatic carbocycles. The summed E-state index contributed by atoms with van der Waals surface area (Å²) in [6.07, 6.45) is 3.09. The summed E-state index contributed by atoms with van der Waals surface area (Å²) < 4.78 is 0. The summed E-state index contributed by atoms with van der Waals surface area (Å²) in [4.78, 5) is 32.0. The predicted octanol–water partition coefficient (Wildman–Crippen LogP) is 4.00. The first-order valence-electron chi connectivity index (χ1n) is 7.44. The summed E-state index contributed by atoms with van der Waals surface area (Å²) in [6.45, 7) is 2.44. The van der Waals surface area contributed by atoms with E-state index >= 15 is 0 Å². The van der Waals surface area contributed by atoms with Crippen molar-refractivity contribution in [3.05, 3.63) is 44.9 Å². The fraction of sp³-hybridized carbons (Fsp3) is 0.312. The molecule has 0 spiro atoms. The molecule has 1 aromatic heterocycles. The van der Waals surface area contributed by atoms with Crippen LogP contribution in [0, 0.1) is 6.92 Å². The van der Waals surface area contributed by atoms with Crippen LogP contribution in [0.3, 0.4) is 0 Å². The maximum atomic E-state index is 12.7. The monoisotopic (exact) mass is 383 g/mol. The molecule has 24 heavy (non-hydrogen) atoms. The lowest BCUT2D eigenvalue weighted by molar-refractivity contribution is -0.119. The van der Waals surface area contributed by atoms with Crippen LogP contribution in [-0.4, -0.2) is 34.3 Å². The molecule has 0 saturated carbocycles. The first-order chi connectivity index (χ1) is 11.4. The molecule has 1 aliphatic rings. The minimum Gasteiger partial charge on any atom is -0.327 e. The van der Waals surface area contributed by atoms with Gasteiger partial charge in [-0.05, 0) is 38.0 Å². The maximum absolute atomic E-state index is 12.7. The summed E-state index contributed by atoms with van der Waals surface area (Å²) in [5, 5.41) is 4.12. The smallest absolute Gasteiger partial charge is 0.254 e. The van der Waals surface area contributed by atoms with Gasteiger partial charge in [-0.1, -0.05) is 23.2 Å². The SMILES string of the molecule is Cc1cnc(NC(=O)[C@H]2CCCN2C(=O)c2cc(Cl)cc(Cl)c2)s1. The Balaban J connectivity index is 1.77. The number of carbonyl (C=O) groups excluding carboxylic acids is 2. The van der Waals surface area contributed by atoms with Crippen molar-refractivity contribution in [1.29, 1.82) is 0 Å². The molecule has 0 aliphatic carbocycles. The summed E-state index contributed by atoms with van der Waals surface area (Å²) in [5.41, 5.74) is 0.386. The number of aromatic nitrogens is 1. The average Bonchev–Trinajstić information content (AvgIpc) is 3.14. The Labute approximate surface area is 153 Å². The number of benzene rings is 1. The number of amides is 2. The minimum atomic E-state index is -0.514. The summed E-state index contributed by atoms with van der Waals surface area (Å²) in [7, 11) is 0. The number of hydrogen-bond donors (Lipinski definition) is 1. The minimum absolute atomic E-state index is 0.219. The van der Waals surface area contributed by atoms with Gasteiger partial charge in [0, 0.05) is 33.2 Å². The predicted molar refractivity (Wildman–Crippen MR) is 96.0 cm³/mol. The molecule has 8 heteroatoms. The van der Waals surface area contributed by atoms with E-state index in [1.165, 1.54) is 11.3 Å². The van der Waals surface area contributed by atoms with Crippen molar-refractivity contribution in [2.75, 3.05) is 11.9 Å². The zero-order valence-electron chi connectivity index (χ0n) is 12.9. The van der Waals surface area contributed by atoms with Gasteiger partial charge in [0.05, 0.1) is 0 Å². The van der Waals surface area contributed by atoms with Crippen LogP contribution < -0.4 is 5.32 Å². The number of likely N-dealkylation sites (tertiary alicyclic amines) is 1. The number of hydrogen-bond acceptors (Lipinski definition) is 4. The highest BCUT2D eigenvalue weighted by atomic mass is 35.5. The Morgan fingerprint density at radius 2 is 2.00 bits per heavy atom. The van der Waals surface area contributed by atoms with E-state index in [1.54, 1.807) is 29.3 Å². The molecule has 1 aliphatic heterocycles. The van der Waals surface area contributed by atoms with Gasteiger partial charge in [0.1, 0.15) is 6.04 Å². The summed E-state index contributed by atoms with van der Waals surface area (Å²) >= 11 is 13.3. The molecular formula is C16H15Cl2N3O2S. The topological polar surface area (TPSA) is 62.3 Å². The van der Waals surface area contributed by atoms with Gasteiger partial charge in [-0.3, -0.25) is 9.59 Å². The van der Waals surface area contributed by atoms with Crippen LogP contribution in [0.1, 0.15) is 28.1 Å². The normalized spacial score (nSPS) is 17.1. The van der Waals surface area contributed by atoms with E-state index in [4.69, 9.17) is 23.2 Å². The van der Waals surface area contributed by atoms with Crippen molar-refractivity contribution in [2.45, 2.75) is 25.8 Å². The number of thiazole rings is 1. The lowest BCUT2D eigenvalue weighted by Crippen LogP contribution is -2.43. The lowest BCUT2D eigenvalue weighted by Gasteiger charge is -2.23. The first-order valence-corrected chi connectivity index (χ1v) is 9.01. The fourth-order valence-corrected chi connectivity index (χ4v) is 3.92. The van der Waals surface area contributed by atoms with Gasteiger partial charge >= 0.3 is 0 Å². The van der Waals surface area contributed by atoms with E-state index < -0.39 is 6.04 Å². The molecule has 126 valence electrons. The highest BCUT2D eigenvalue weighted by molar-refractivity contribution is 7.15. The molecule has 0 unspecified atom stereocenters. The molecule has 1 N–H and O–H groups in total. The number of nitrogens with one attached hydrogen (secondary N) is 1. The Morgan fingerprint density at radius 3 is 2.62 bits per heavy atom. The molecule has 2 aromatic rings. The fourth-order valence-electron chi connectivity index (χ4n) is 2.73. The Bertz CT molecular complexity index is 773. The molecule has 0 bridgehead atoms. The maximum Gasteiger partial charge on any atom is 0.254 e. The van der Waals surface area contributed by atoms with Gasteiger partial charge in [0.2, 0.25) is 5.91 Å². The number of rotatable bonds is 3. The number of halogens is 2. The van der Waals surface area contributed by atoms with E-state index in [-0.39, 0.29) is 11.8 Å². The van der Waals surface area contributed by atoms with Crippen molar-refractivity contribution in [3.8, 4) is 0 Å². The molecule has 1 saturated heterocycles. The van der Waals surface area contributed by atoms with E-state index in [9.17, 15) is 9.59 Å². The first kappa shape index (κ1) is 17.2. The number of anilines is 1. The summed E-state index contributed by atoms with van der Waals surface area (Å²) in [5.74, 6) is -0.462. The van der Waals surface area contributed by atoms with Gasteiger partial charge in [0.25, 0.3) is 5.91 Å². The van der Waals surface area contributed by atoms with Crippen LogP contribution in [0.25, 0.3) is 0 Å². The second-order valence-corrected chi connectivity index (χ2v) is 7.69. The Hall–Kier alpha value is -1.63. The highest BCUT2D eigenvalue weighted by Gasteiger charge is 2.35. The van der Waals surface area contributed by atoms with Gasteiger partial charge in [-0.25, -0.2) is 4.98 Å². The third-order valence-electron chi connectivity index (χ3n) is 3.78. The van der Waals surface area contributed by atoms with E-state index in [0.717, 1.165) is 11.3 Å². The third-order valence-corrected chi connectivity index (χ3v) is 5.04. The van der Waals surface area contributed by atoms with Crippen molar-refractivity contribution in [3.63, 3.8) is 0 Å². The van der Waals surface area contributed by atoms with Gasteiger partial charge in [0.15, 0.2) is 5.13 Å². The van der Waals surface area contributed by atoms with Crippen molar-refractivity contribution < 1.29 is 9.59 Å². The van der Waals surface area contributed by atoms with Gasteiger partial charge in [-0.15, -0.1) is 11.3 Å². The molecule has 5 nitrogen and oxygen atoms in total. The second-order valence-electron chi connectivity index (χ2n) is 5.58. The standard InChI is InChI=1S/C16H15Cl2N3O2S/c1-9-8-19-16(24-9)20-14(22)13-3-2-4-21(13)15(23)10-5-11(17)7-12(18)6-10/h5-8,13H,2-4H2,1H3,(H,19,20,22)/t13-/m1/s1. The van der Waals surface area contributed by atoms with Crippen molar-refractivity contribution in [2.24, 2.45) is 0 Å². The molecular weight excluding hydrogens is 369 g/mol. The van der Waals surface area contributed by atoms with Gasteiger partial charge in [-0.2, -0.15) is 0 Å². The molecule has 0 radical (unpaired) electrons. The van der Waals surface area contributed by atoms with Gasteiger partial charge < -0.3 is 10.2 Å².